The van der Waals surface area contributed by atoms with Crippen molar-refractivity contribution < 1.29 is 13.9 Å². The van der Waals surface area contributed by atoms with E-state index in [4.69, 9.17) is 16.3 Å². The van der Waals surface area contributed by atoms with Crippen LogP contribution in [-0.2, 0) is 4.74 Å². The Kier molecular flexibility index (Phi) is 7.52. The minimum Gasteiger partial charge on any atom is -0.378 e. The number of amides is 1. The molecule has 0 radical (unpaired) electrons. The maximum absolute atomic E-state index is 14.2. The molecule has 3 aromatic heterocycles. The fourth-order valence-corrected chi connectivity index (χ4v) is 4.16. The Morgan fingerprint density at radius 2 is 1.95 bits per heavy atom. The average Bonchev–Trinajstić information content (AvgIpc) is 2.95. The molecule has 11 nitrogen and oxygen atoms in total. The molecule has 3 N–H and O–H groups in total. The van der Waals surface area contributed by atoms with E-state index in [9.17, 15) is 9.18 Å². The maximum Gasteiger partial charge on any atom is 0.288 e. The SMILES string of the molecule is Cc1cc(-c2ccncn2)cc(Cl)c1Nc1ccc(C(=O)NNc2ncc(F)c(N3CCOCC3)n2)nc1. The van der Waals surface area contributed by atoms with Crippen molar-refractivity contribution >= 4 is 40.6 Å². The van der Waals surface area contributed by atoms with Gasteiger partial charge in [-0.05, 0) is 42.8 Å². The summed E-state index contributed by atoms with van der Waals surface area (Å²) in [5.74, 6) is -0.865. The molecule has 1 fully saturated rings. The Bertz CT molecular complexity index is 1410. The Hall–Kier alpha value is -4.42. The molecule has 0 aliphatic carbocycles. The van der Waals surface area contributed by atoms with Crippen molar-refractivity contribution in [3.05, 3.63) is 77.3 Å². The monoisotopic (exact) mass is 535 g/mol. The molecule has 1 aromatic carbocycles. The van der Waals surface area contributed by atoms with Crippen LogP contribution in [0.3, 0.4) is 0 Å². The summed E-state index contributed by atoms with van der Waals surface area (Å²) in [5, 5.41) is 3.76. The van der Waals surface area contributed by atoms with Crippen LogP contribution in [0.1, 0.15) is 16.1 Å². The number of nitrogens with zero attached hydrogens (tertiary/aromatic N) is 6. The van der Waals surface area contributed by atoms with Gasteiger partial charge in [0.2, 0.25) is 5.95 Å². The summed E-state index contributed by atoms with van der Waals surface area (Å²) in [6.45, 7) is 3.93. The lowest BCUT2D eigenvalue weighted by atomic mass is 10.1. The molecule has 4 heterocycles. The first-order chi connectivity index (χ1) is 18.5. The molecule has 1 amide bonds. The van der Waals surface area contributed by atoms with Gasteiger partial charge in [-0.25, -0.2) is 24.3 Å². The molecule has 1 saturated heterocycles. The number of aryl methyl sites for hydroxylation is 1. The van der Waals surface area contributed by atoms with Crippen molar-refractivity contribution in [3.63, 3.8) is 0 Å². The van der Waals surface area contributed by atoms with Gasteiger partial charge in [0.15, 0.2) is 11.6 Å². The van der Waals surface area contributed by atoms with Gasteiger partial charge in [-0.15, -0.1) is 0 Å². The average molecular weight is 536 g/mol. The number of hydrogen-bond acceptors (Lipinski definition) is 10. The quantitative estimate of drug-likeness (QED) is 0.301. The first-order valence-electron chi connectivity index (χ1n) is 11.7. The third-order valence-corrected chi connectivity index (χ3v) is 6.05. The molecule has 38 heavy (non-hydrogen) atoms. The number of ether oxygens (including phenoxy) is 1. The van der Waals surface area contributed by atoms with Crippen LogP contribution in [0.4, 0.5) is 27.5 Å². The first-order valence-corrected chi connectivity index (χ1v) is 12.1. The molecule has 0 bridgehead atoms. The molecule has 0 unspecified atom stereocenters. The third-order valence-electron chi connectivity index (χ3n) is 5.75. The van der Waals surface area contributed by atoms with Gasteiger partial charge < -0.3 is 15.0 Å². The topological polar surface area (TPSA) is 130 Å². The third kappa shape index (κ3) is 5.76. The number of benzene rings is 1. The van der Waals surface area contributed by atoms with E-state index >= 15 is 0 Å². The molecule has 194 valence electrons. The molecule has 1 aliphatic heterocycles. The van der Waals surface area contributed by atoms with Crippen molar-refractivity contribution in [1.29, 1.82) is 0 Å². The number of rotatable bonds is 7. The largest absolute Gasteiger partial charge is 0.378 e. The summed E-state index contributed by atoms with van der Waals surface area (Å²) >= 11 is 6.54. The molecule has 1 aliphatic rings. The van der Waals surface area contributed by atoms with E-state index in [0.29, 0.717) is 37.0 Å². The van der Waals surface area contributed by atoms with E-state index < -0.39 is 11.7 Å². The van der Waals surface area contributed by atoms with Crippen LogP contribution in [-0.4, -0.2) is 57.1 Å². The van der Waals surface area contributed by atoms with E-state index in [1.807, 2.05) is 25.1 Å². The van der Waals surface area contributed by atoms with Crippen molar-refractivity contribution in [3.8, 4) is 11.3 Å². The molecule has 4 aromatic rings. The second kappa shape index (κ2) is 11.3. The van der Waals surface area contributed by atoms with E-state index in [-0.39, 0.29) is 17.5 Å². The molecule has 0 atom stereocenters. The lowest BCUT2D eigenvalue weighted by Gasteiger charge is -2.28. The summed E-state index contributed by atoms with van der Waals surface area (Å²) in [6, 6.07) is 8.87. The zero-order valence-corrected chi connectivity index (χ0v) is 21.0. The summed E-state index contributed by atoms with van der Waals surface area (Å²) < 4.78 is 19.5. The lowest BCUT2D eigenvalue weighted by molar-refractivity contribution is 0.0957. The number of pyridine rings is 1. The number of carbonyl (C=O) groups excluding carboxylic acids is 1. The van der Waals surface area contributed by atoms with Crippen molar-refractivity contribution in [2.45, 2.75) is 6.92 Å². The zero-order valence-electron chi connectivity index (χ0n) is 20.3. The van der Waals surface area contributed by atoms with Gasteiger partial charge in [0.25, 0.3) is 5.91 Å². The maximum atomic E-state index is 14.2. The van der Waals surface area contributed by atoms with Crippen molar-refractivity contribution in [2.75, 3.05) is 41.9 Å². The molecule has 13 heteroatoms. The van der Waals surface area contributed by atoms with E-state index in [0.717, 1.165) is 28.7 Å². The van der Waals surface area contributed by atoms with Gasteiger partial charge in [0, 0.05) is 24.8 Å². The number of carbonyl (C=O) groups is 1. The summed E-state index contributed by atoms with van der Waals surface area (Å²) in [6.07, 6.45) is 5.73. The fraction of sp³-hybridized carbons (Fsp3) is 0.200. The van der Waals surface area contributed by atoms with E-state index in [1.54, 1.807) is 23.2 Å². The number of morpholine rings is 1. The highest BCUT2D eigenvalue weighted by Crippen LogP contribution is 2.33. The van der Waals surface area contributed by atoms with Crippen molar-refractivity contribution in [2.24, 2.45) is 0 Å². The number of anilines is 4. The number of hydrazine groups is 1. The normalized spacial score (nSPS) is 13.2. The first kappa shape index (κ1) is 25.2. The summed E-state index contributed by atoms with van der Waals surface area (Å²) in [5.41, 5.74) is 9.16. The number of halogens is 2. The Balaban J connectivity index is 1.22. The Labute approximate surface area is 222 Å². The number of aromatic nitrogens is 5. The Morgan fingerprint density at radius 3 is 2.66 bits per heavy atom. The van der Waals surface area contributed by atoms with E-state index in [1.165, 1.54) is 12.5 Å². The smallest absolute Gasteiger partial charge is 0.288 e. The van der Waals surface area contributed by atoms with Crippen LogP contribution in [0.5, 0.6) is 0 Å². The highest BCUT2D eigenvalue weighted by molar-refractivity contribution is 6.33. The van der Waals surface area contributed by atoms with Crippen LogP contribution in [0.25, 0.3) is 11.3 Å². The second-order valence-electron chi connectivity index (χ2n) is 8.35. The predicted molar refractivity (Wildman–Crippen MR) is 141 cm³/mol. The van der Waals surface area contributed by atoms with Gasteiger partial charge >= 0.3 is 0 Å². The highest BCUT2D eigenvalue weighted by Gasteiger charge is 2.18. The molecule has 0 saturated carbocycles. The fourth-order valence-electron chi connectivity index (χ4n) is 3.85. The Morgan fingerprint density at radius 1 is 1.11 bits per heavy atom. The number of nitrogens with one attached hydrogen (secondary N) is 3. The van der Waals surface area contributed by atoms with Crippen LogP contribution in [0, 0.1) is 12.7 Å². The van der Waals surface area contributed by atoms with Crippen LogP contribution in [0.2, 0.25) is 5.02 Å². The van der Waals surface area contributed by atoms with Gasteiger partial charge in [0.05, 0.1) is 47.7 Å². The van der Waals surface area contributed by atoms with Gasteiger partial charge in [0.1, 0.15) is 12.0 Å². The van der Waals surface area contributed by atoms with Gasteiger partial charge in [-0.2, -0.15) is 4.98 Å². The standard InChI is InChI=1S/C25H23ClFN9O2/c1-15-10-16(20-4-5-28-14-31-20)11-18(26)22(15)32-17-2-3-21(29-12-17)24(37)34-35-25-30-13-19(27)23(33-25)36-6-8-38-9-7-36/h2-5,10-14,32H,6-9H2,1H3,(H,34,37)(H,30,33,35). The molecule has 0 spiro atoms. The zero-order chi connectivity index (χ0) is 26.5. The number of hydrogen-bond donors (Lipinski definition) is 3. The van der Waals surface area contributed by atoms with Gasteiger partial charge in [-0.1, -0.05) is 11.6 Å². The second-order valence-corrected chi connectivity index (χ2v) is 8.75. The van der Waals surface area contributed by atoms with Crippen molar-refractivity contribution in [1.82, 2.24) is 30.3 Å². The molecular formula is C25H23ClFN9O2. The minimum absolute atomic E-state index is 0.0510. The van der Waals surface area contributed by atoms with E-state index in [2.05, 4.69) is 41.1 Å². The van der Waals surface area contributed by atoms with Crippen LogP contribution < -0.4 is 21.1 Å². The lowest BCUT2D eigenvalue weighted by Crippen LogP contribution is -2.38. The predicted octanol–water partition coefficient (Wildman–Crippen LogP) is 3.77. The van der Waals surface area contributed by atoms with Crippen LogP contribution in [0.15, 0.2) is 55.2 Å². The molecule has 5 rings (SSSR count). The summed E-state index contributed by atoms with van der Waals surface area (Å²) in [7, 11) is 0. The van der Waals surface area contributed by atoms with Crippen LogP contribution >= 0.6 is 11.6 Å². The molecular weight excluding hydrogens is 513 g/mol. The highest BCUT2D eigenvalue weighted by atomic mass is 35.5. The summed E-state index contributed by atoms with van der Waals surface area (Å²) in [4.78, 5) is 34.8. The minimum atomic E-state index is -0.549. The van der Waals surface area contributed by atoms with Gasteiger partial charge in [-0.3, -0.25) is 15.6 Å².